The molecule has 1 atom stereocenters. The molecule has 1 fully saturated rings. The molecule has 3 aromatic rings. The highest BCUT2D eigenvalue weighted by atomic mass is 32.2. The van der Waals surface area contributed by atoms with Crippen molar-refractivity contribution in [2.75, 3.05) is 0 Å². The van der Waals surface area contributed by atoms with Crippen molar-refractivity contribution < 1.29 is 4.79 Å². The molecule has 1 saturated carbocycles. The second kappa shape index (κ2) is 7.96. The van der Waals surface area contributed by atoms with E-state index in [-0.39, 0.29) is 11.2 Å². The normalized spacial score (nSPS) is 14.7. The summed E-state index contributed by atoms with van der Waals surface area (Å²) in [4.78, 5) is 17.3. The molecule has 0 bridgehead atoms. The molecule has 138 valence electrons. The molecule has 2 N–H and O–H groups in total. The molecule has 6 heteroatoms. The molecule has 5 nitrogen and oxygen atoms in total. The van der Waals surface area contributed by atoms with Crippen LogP contribution in [0.3, 0.4) is 0 Å². The Morgan fingerprint density at radius 2 is 1.93 bits per heavy atom. The Morgan fingerprint density at radius 1 is 1.19 bits per heavy atom. The van der Waals surface area contributed by atoms with Gasteiger partial charge in [-0.05, 0) is 30.4 Å². The predicted molar refractivity (Wildman–Crippen MR) is 107 cm³/mol. The molecule has 4 rings (SSSR count). The van der Waals surface area contributed by atoms with E-state index in [1.54, 1.807) is 0 Å². The highest BCUT2D eigenvalue weighted by Crippen LogP contribution is 2.35. The smallest absolute Gasteiger partial charge is 0.238 e. The summed E-state index contributed by atoms with van der Waals surface area (Å²) < 4.78 is 0. The maximum Gasteiger partial charge on any atom is 0.238 e. The maximum absolute atomic E-state index is 12.7. The molecule has 0 aliphatic heterocycles. The van der Waals surface area contributed by atoms with E-state index < -0.39 is 0 Å². The second-order valence-corrected chi connectivity index (χ2v) is 7.78. The molecule has 2 aromatic carbocycles. The third-order valence-electron chi connectivity index (χ3n) is 4.59. The van der Waals surface area contributed by atoms with Gasteiger partial charge in [-0.2, -0.15) is 0 Å². The Labute approximate surface area is 163 Å². The van der Waals surface area contributed by atoms with Crippen LogP contribution in [0.25, 0.3) is 11.4 Å². The number of amides is 1. The van der Waals surface area contributed by atoms with Crippen LogP contribution in [0.1, 0.15) is 36.1 Å². The first-order chi connectivity index (χ1) is 13.2. The molecule has 0 spiro atoms. The van der Waals surface area contributed by atoms with Gasteiger partial charge in [0.1, 0.15) is 5.25 Å². The zero-order chi connectivity index (χ0) is 18.6. The van der Waals surface area contributed by atoms with Crippen LogP contribution in [0, 0.1) is 0 Å². The number of aryl methyl sites for hydroxylation is 1. The van der Waals surface area contributed by atoms with Gasteiger partial charge in [0.25, 0.3) is 0 Å². The third kappa shape index (κ3) is 4.39. The largest absolute Gasteiger partial charge is 0.352 e. The van der Waals surface area contributed by atoms with Gasteiger partial charge in [0.2, 0.25) is 11.1 Å². The summed E-state index contributed by atoms with van der Waals surface area (Å²) in [5.41, 5.74) is 3.23. The lowest BCUT2D eigenvalue weighted by molar-refractivity contribution is -0.120. The van der Waals surface area contributed by atoms with E-state index in [9.17, 15) is 4.79 Å². The molecule has 0 radical (unpaired) electrons. The van der Waals surface area contributed by atoms with Crippen LogP contribution in [0.4, 0.5) is 0 Å². The van der Waals surface area contributed by atoms with Gasteiger partial charge in [-0.15, -0.1) is 5.10 Å². The summed E-state index contributed by atoms with van der Waals surface area (Å²) in [7, 11) is 0. The lowest BCUT2D eigenvalue weighted by Gasteiger charge is -2.15. The number of nitrogens with one attached hydrogen (secondary N) is 2. The summed E-state index contributed by atoms with van der Waals surface area (Å²) >= 11 is 1.38. The molecule has 1 aliphatic carbocycles. The lowest BCUT2D eigenvalue weighted by Crippen LogP contribution is -2.29. The number of benzene rings is 2. The number of carbonyl (C=O) groups is 1. The first kappa shape index (κ1) is 17.8. The SMILES string of the molecule is CCc1ccc(-c2nc(S[C@@H](C(=O)NC3CC3)c3ccccc3)n[nH]2)cc1. The van der Waals surface area contributed by atoms with E-state index in [0.717, 1.165) is 36.2 Å². The average molecular weight is 379 g/mol. The molecule has 1 heterocycles. The highest BCUT2D eigenvalue weighted by Gasteiger charge is 2.30. The van der Waals surface area contributed by atoms with Crippen molar-refractivity contribution in [1.82, 2.24) is 20.5 Å². The molecular formula is C21H22N4OS. The van der Waals surface area contributed by atoms with Crippen molar-refractivity contribution in [2.24, 2.45) is 0 Å². The summed E-state index contributed by atoms with van der Waals surface area (Å²) in [5.74, 6) is 0.738. The number of hydrogen-bond acceptors (Lipinski definition) is 4. The van der Waals surface area contributed by atoms with Crippen molar-refractivity contribution in [1.29, 1.82) is 0 Å². The van der Waals surface area contributed by atoms with E-state index in [1.165, 1.54) is 17.3 Å². The number of thioether (sulfide) groups is 1. The molecule has 1 aromatic heterocycles. The van der Waals surface area contributed by atoms with E-state index in [1.807, 2.05) is 42.5 Å². The third-order valence-corrected chi connectivity index (χ3v) is 5.70. The van der Waals surface area contributed by atoms with Crippen LogP contribution < -0.4 is 5.32 Å². The fourth-order valence-electron chi connectivity index (χ4n) is 2.84. The van der Waals surface area contributed by atoms with Crippen molar-refractivity contribution in [3.05, 3.63) is 65.7 Å². The van der Waals surface area contributed by atoms with Gasteiger partial charge in [0.05, 0.1) is 0 Å². The van der Waals surface area contributed by atoms with Crippen LogP contribution in [-0.2, 0) is 11.2 Å². The summed E-state index contributed by atoms with van der Waals surface area (Å²) in [6, 6.07) is 18.4. The summed E-state index contributed by atoms with van der Waals surface area (Å²) in [5, 5.41) is 10.6. The lowest BCUT2D eigenvalue weighted by atomic mass is 10.1. The quantitative estimate of drug-likeness (QED) is 0.606. The van der Waals surface area contributed by atoms with Crippen molar-refractivity contribution in [3.8, 4) is 11.4 Å². The fraction of sp³-hybridized carbons (Fsp3) is 0.286. The number of rotatable bonds is 7. The predicted octanol–water partition coefficient (Wildman–Crippen LogP) is 4.15. The average Bonchev–Trinajstić information content (AvgIpc) is 3.40. The minimum Gasteiger partial charge on any atom is -0.352 e. The van der Waals surface area contributed by atoms with Crippen LogP contribution in [-0.4, -0.2) is 27.1 Å². The number of aromatic nitrogens is 3. The monoisotopic (exact) mass is 378 g/mol. The van der Waals surface area contributed by atoms with Gasteiger partial charge in [-0.25, -0.2) is 4.98 Å². The molecular weight excluding hydrogens is 356 g/mol. The zero-order valence-corrected chi connectivity index (χ0v) is 16.0. The summed E-state index contributed by atoms with van der Waals surface area (Å²) in [6.45, 7) is 2.13. The highest BCUT2D eigenvalue weighted by molar-refractivity contribution is 8.00. The Kier molecular flexibility index (Phi) is 5.25. The van der Waals surface area contributed by atoms with E-state index in [2.05, 4.69) is 39.6 Å². The van der Waals surface area contributed by atoms with Crippen LogP contribution in [0.15, 0.2) is 59.8 Å². The number of H-pyrrole nitrogens is 1. The Bertz CT molecular complexity index is 903. The number of nitrogens with zero attached hydrogens (tertiary/aromatic N) is 2. The number of carbonyl (C=O) groups excluding carboxylic acids is 1. The maximum atomic E-state index is 12.7. The second-order valence-electron chi connectivity index (χ2n) is 6.71. The van der Waals surface area contributed by atoms with Gasteiger partial charge < -0.3 is 5.32 Å². The Balaban J connectivity index is 1.54. The number of aromatic amines is 1. The zero-order valence-electron chi connectivity index (χ0n) is 15.2. The van der Waals surface area contributed by atoms with Gasteiger partial charge in [0.15, 0.2) is 5.82 Å². The van der Waals surface area contributed by atoms with Gasteiger partial charge in [0, 0.05) is 11.6 Å². The van der Waals surface area contributed by atoms with E-state index >= 15 is 0 Å². The molecule has 0 saturated heterocycles. The first-order valence-electron chi connectivity index (χ1n) is 9.26. The van der Waals surface area contributed by atoms with Crippen molar-refractivity contribution in [2.45, 2.75) is 42.6 Å². The van der Waals surface area contributed by atoms with Gasteiger partial charge in [-0.1, -0.05) is 73.3 Å². The summed E-state index contributed by atoms with van der Waals surface area (Å²) in [6.07, 6.45) is 3.14. The van der Waals surface area contributed by atoms with E-state index in [0.29, 0.717) is 11.2 Å². The van der Waals surface area contributed by atoms with Gasteiger partial charge >= 0.3 is 0 Å². The van der Waals surface area contributed by atoms with Crippen LogP contribution in [0.2, 0.25) is 0 Å². The van der Waals surface area contributed by atoms with E-state index in [4.69, 9.17) is 0 Å². The number of hydrogen-bond donors (Lipinski definition) is 2. The fourth-order valence-corrected chi connectivity index (χ4v) is 3.76. The Hall–Kier alpha value is -2.60. The Morgan fingerprint density at radius 3 is 2.59 bits per heavy atom. The minimum absolute atomic E-state index is 0.0207. The first-order valence-corrected chi connectivity index (χ1v) is 10.1. The minimum atomic E-state index is -0.363. The standard InChI is InChI=1S/C21H22N4OS/c1-2-14-8-10-16(11-9-14)19-23-21(25-24-19)27-18(15-6-4-3-5-7-15)20(26)22-17-12-13-17/h3-11,17-18H,2,12-13H2,1H3,(H,22,26)(H,23,24,25)/t18-/m1/s1. The topological polar surface area (TPSA) is 70.7 Å². The van der Waals surface area contributed by atoms with Crippen LogP contribution >= 0.6 is 11.8 Å². The molecule has 0 unspecified atom stereocenters. The van der Waals surface area contributed by atoms with Crippen LogP contribution in [0.5, 0.6) is 0 Å². The van der Waals surface area contributed by atoms with Crippen molar-refractivity contribution in [3.63, 3.8) is 0 Å². The van der Waals surface area contributed by atoms with Gasteiger partial charge in [-0.3, -0.25) is 9.89 Å². The molecule has 1 aliphatic rings. The van der Waals surface area contributed by atoms with Crippen molar-refractivity contribution >= 4 is 17.7 Å². The molecule has 27 heavy (non-hydrogen) atoms. The molecule has 1 amide bonds.